The molecule has 0 radical (unpaired) electrons. The van der Waals surface area contributed by atoms with E-state index in [1.807, 2.05) is 22.9 Å². The van der Waals surface area contributed by atoms with Crippen LogP contribution >= 0.6 is 11.6 Å². The fraction of sp³-hybridized carbons (Fsp3) is 0.571. The minimum absolute atomic E-state index is 0.198. The summed E-state index contributed by atoms with van der Waals surface area (Å²) < 4.78 is 7.16. The topological polar surface area (TPSA) is 63.5 Å². The predicted molar refractivity (Wildman–Crippen MR) is 108 cm³/mol. The lowest BCUT2D eigenvalue weighted by Gasteiger charge is -2.36. The lowest BCUT2D eigenvalue weighted by molar-refractivity contribution is -0.0146. The first kappa shape index (κ1) is 20.2. The number of methoxy groups -OCH3 is 1. The van der Waals surface area contributed by atoms with Crippen LogP contribution in [0.15, 0.2) is 24.4 Å². The molecule has 6 heteroatoms. The van der Waals surface area contributed by atoms with Crippen molar-refractivity contribution in [1.29, 1.82) is 0 Å². The maximum Gasteiger partial charge on any atom is 0.253 e. The highest BCUT2D eigenvalue weighted by Gasteiger charge is 2.34. The second-order valence-electron chi connectivity index (χ2n) is 7.64. The number of carbonyl (C=O) groups is 1. The van der Waals surface area contributed by atoms with Crippen molar-refractivity contribution in [2.24, 2.45) is 5.92 Å². The number of aliphatic hydroxyl groups is 1. The summed E-state index contributed by atoms with van der Waals surface area (Å²) in [6, 6.07) is 5.63. The summed E-state index contributed by atoms with van der Waals surface area (Å²) >= 11 is 6.39. The molecule has 0 bridgehead atoms. The van der Waals surface area contributed by atoms with Crippen LogP contribution < -0.4 is 5.32 Å². The van der Waals surface area contributed by atoms with Gasteiger partial charge in [-0.2, -0.15) is 0 Å². The van der Waals surface area contributed by atoms with Gasteiger partial charge in [0.15, 0.2) is 0 Å². The molecule has 1 saturated carbocycles. The molecular weight excluding hydrogens is 364 g/mol. The summed E-state index contributed by atoms with van der Waals surface area (Å²) in [5, 5.41) is 15.1. The molecular formula is C21H29ClN2O3. The molecule has 1 fully saturated rings. The number of nitrogens with one attached hydrogen (secondary N) is 1. The number of rotatable bonds is 7. The normalized spacial score (nSPS) is 22.9. The Morgan fingerprint density at radius 2 is 2.30 bits per heavy atom. The minimum atomic E-state index is -0.813. The van der Waals surface area contributed by atoms with Crippen LogP contribution in [0.2, 0.25) is 5.02 Å². The van der Waals surface area contributed by atoms with Gasteiger partial charge < -0.3 is 19.7 Å². The molecule has 1 aromatic carbocycles. The van der Waals surface area contributed by atoms with Crippen molar-refractivity contribution in [3.8, 4) is 0 Å². The zero-order valence-electron chi connectivity index (χ0n) is 16.1. The smallest absolute Gasteiger partial charge is 0.253 e. The molecule has 0 aliphatic heterocycles. The van der Waals surface area contributed by atoms with Gasteiger partial charge in [-0.3, -0.25) is 4.79 Å². The summed E-state index contributed by atoms with van der Waals surface area (Å²) in [4.78, 5) is 12.9. The van der Waals surface area contributed by atoms with E-state index in [1.165, 1.54) is 0 Å². The van der Waals surface area contributed by atoms with Gasteiger partial charge in [0, 0.05) is 31.8 Å². The zero-order chi connectivity index (χ0) is 19.4. The second kappa shape index (κ2) is 8.63. The molecule has 1 aliphatic carbocycles. The Morgan fingerprint density at radius 3 is 3.04 bits per heavy atom. The van der Waals surface area contributed by atoms with Crippen LogP contribution in [0.1, 0.15) is 49.4 Å². The van der Waals surface area contributed by atoms with E-state index in [4.69, 9.17) is 16.3 Å². The van der Waals surface area contributed by atoms with Gasteiger partial charge in [0.05, 0.1) is 28.3 Å². The zero-order valence-corrected chi connectivity index (χ0v) is 16.9. The van der Waals surface area contributed by atoms with Crippen molar-refractivity contribution in [3.05, 3.63) is 35.0 Å². The molecule has 2 unspecified atom stereocenters. The van der Waals surface area contributed by atoms with E-state index in [0.29, 0.717) is 29.7 Å². The second-order valence-corrected chi connectivity index (χ2v) is 8.05. The Bertz CT molecular complexity index is 804. The van der Waals surface area contributed by atoms with Crippen molar-refractivity contribution in [1.82, 2.24) is 9.88 Å². The molecule has 2 aromatic rings. The average molecular weight is 393 g/mol. The maximum absolute atomic E-state index is 12.9. The number of halogens is 1. The van der Waals surface area contributed by atoms with Gasteiger partial charge >= 0.3 is 0 Å². The van der Waals surface area contributed by atoms with Gasteiger partial charge in [0.25, 0.3) is 5.91 Å². The van der Waals surface area contributed by atoms with Crippen molar-refractivity contribution < 1.29 is 14.6 Å². The van der Waals surface area contributed by atoms with Gasteiger partial charge in [-0.15, -0.1) is 0 Å². The molecule has 0 spiro atoms. The first-order valence-corrected chi connectivity index (χ1v) is 10.1. The van der Waals surface area contributed by atoms with Gasteiger partial charge in [-0.05, 0) is 30.9 Å². The highest BCUT2D eigenvalue weighted by atomic mass is 35.5. The van der Waals surface area contributed by atoms with Gasteiger partial charge in [-0.25, -0.2) is 0 Å². The molecule has 1 aliphatic rings. The van der Waals surface area contributed by atoms with Gasteiger partial charge in [0.1, 0.15) is 0 Å². The van der Waals surface area contributed by atoms with E-state index in [9.17, 15) is 9.90 Å². The number of fused-ring (bicyclic) bond motifs is 1. The van der Waals surface area contributed by atoms with E-state index in [0.717, 1.165) is 43.0 Å². The molecule has 2 N–H and O–H groups in total. The Balaban J connectivity index is 1.79. The molecule has 0 saturated heterocycles. The molecule has 3 rings (SSSR count). The van der Waals surface area contributed by atoms with Crippen molar-refractivity contribution in [2.45, 2.75) is 51.2 Å². The van der Waals surface area contributed by atoms with Crippen LogP contribution in [0, 0.1) is 5.92 Å². The van der Waals surface area contributed by atoms with E-state index in [1.54, 1.807) is 13.2 Å². The summed E-state index contributed by atoms with van der Waals surface area (Å²) in [5.74, 6) is 0.336. The summed E-state index contributed by atoms with van der Waals surface area (Å²) in [6.45, 7) is 3.63. The Labute approximate surface area is 165 Å². The van der Waals surface area contributed by atoms with E-state index >= 15 is 0 Å². The van der Waals surface area contributed by atoms with E-state index < -0.39 is 5.60 Å². The van der Waals surface area contributed by atoms with Crippen LogP contribution in [0.4, 0.5) is 0 Å². The third-order valence-electron chi connectivity index (χ3n) is 5.71. The number of hydrogen-bond acceptors (Lipinski definition) is 3. The molecule has 1 amide bonds. The molecule has 5 nitrogen and oxygen atoms in total. The highest BCUT2D eigenvalue weighted by molar-refractivity contribution is 6.36. The number of nitrogens with zero attached hydrogens (tertiary/aromatic N) is 1. The average Bonchev–Trinajstić information content (AvgIpc) is 3.04. The maximum atomic E-state index is 12.9. The third-order valence-corrected chi connectivity index (χ3v) is 6.03. The fourth-order valence-electron chi connectivity index (χ4n) is 4.17. The fourth-order valence-corrected chi connectivity index (χ4v) is 4.44. The number of aromatic nitrogens is 1. The van der Waals surface area contributed by atoms with E-state index in [-0.39, 0.29) is 12.5 Å². The summed E-state index contributed by atoms with van der Waals surface area (Å²) in [7, 11) is 1.65. The number of benzene rings is 1. The SMILES string of the molecule is CCC1CCCC(O)(CNC(=O)c2cn(CCOC)c3cccc(Cl)c23)C1. The molecule has 27 heavy (non-hydrogen) atoms. The Kier molecular flexibility index (Phi) is 6.45. The monoisotopic (exact) mass is 392 g/mol. The largest absolute Gasteiger partial charge is 0.388 e. The van der Waals surface area contributed by atoms with Crippen LogP contribution in [0.25, 0.3) is 10.9 Å². The predicted octanol–water partition coefficient (Wildman–Crippen LogP) is 4.00. The van der Waals surface area contributed by atoms with Crippen molar-refractivity contribution >= 4 is 28.4 Å². The lowest BCUT2D eigenvalue weighted by atomic mass is 9.77. The Hall–Kier alpha value is -1.56. The Morgan fingerprint density at radius 1 is 1.48 bits per heavy atom. The van der Waals surface area contributed by atoms with Crippen molar-refractivity contribution in [2.75, 3.05) is 20.3 Å². The lowest BCUT2D eigenvalue weighted by Crippen LogP contribution is -2.46. The summed E-state index contributed by atoms with van der Waals surface area (Å²) in [6.07, 6.45) is 6.55. The van der Waals surface area contributed by atoms with Crippen LogP contribution in [0.3, 0.4) is 0 Å². The quantitative estimate of drug-likeness (QED) is 0.748. The molecule has 148 valence electrons. The summed E-state index contributed by atoms with van der Waals surface area (Å²) in [5.41, 5.74) is 0.637. The first-order valence-electron chi connectivity index (χ1n) is 9.74. The van der Waals surface area contributed by atoms with Gasteiger partial charge in [0.2, 0.25) is 0 Å². The number of amides is 1. The minimum Gasteiger partial charge on any atom is -0.388 e. The van der Waals surface area contributed by atoms with Crippen LogP contribution in [-0.2, 0) is 11.3 Å². The molecule has 1 aromatic heterocycles. The number of ether oxygens (including phenoxy) is 1. The van der Waals surface area contributed by atoms with E-state index in [2.05, 4.69) is 12.2 Å². The van der Waals surface area contributed by atoms with Gasteiger partial charge in [-0.1, -0.05) is 43.9 Å². The van der Waals surface area contributed by atoms with Crippen LogP contribution in [0.5, 0.6) is 0 Å². The highest BCUT2D eigenvalue weighted by Crippen LogP contribution is 2.34. The molecule has 2 atom stereocenters. The van der Waals surface area contributed by atoms with Crippen LogP contribution in [-0.4, -0.2) is 41.4 Å². The standard InChI is InChI=1S/C21H29ClN2O3/c1-3-15-6-5-9-21(26,12-15)14-23-20(25)16-13-24(10-11-27-2)18-8-4-7-17(22)19(16)18/h4,7-8,13,15,26H,3,5-6,9-12,14H2,1-2H3,(H,23,25). The third kappa shape index (κ3) is 4.48. The first-order chi connectivity index (χ1) is 13.0. The molecule has 1 heterocycles. The number of hydrogen-bond donors (Lipinski definition) is 2. The van der Waals surface area contributed by atoms with Crippen molar-refractivity contribution in [3.63, 3.8) is 0 Å². The number of carbonyl (C=O) groups excluding carboxylic acids is 1.